The van der Waals surface area contributed by atoms with Gasteiger partial charge in [-0.2, -0.15) is 5.26 Å². The molecule has 0 fully saturated rings. The Kier molecular flexibility index (Phi) is 9.59. The molecule has 1 nitrogen and oxygen atoms in total. The summed E-state index contributed by atoms with van der Waals surface area (Å²) in [6.45, 7) is 2.28. The molecule has 0 N–H and O–H groups in total. The maximum absolute atomic E-state index is 8.88. The second-order valence-electron chi connectivity index (χ2n) is 7.32. The van der Waals surface area contributed by atoms with Gasteiger partial charge in [-0.25, -0.2) is 0 Å². The molecule has 0 spiro atoms. The molecular weight excluding hydrogens is 314 g/mol. The van der Waals surface area contributed by atoms with Gasteiger partial charge >= 0.3 is 0 Å². The van der Waals surface area contributed by atoms with Crippen molar-refractivity contribution in [1.29, 1.82) is 5.26 Å². The third-order valence-corrected chi connectivity index (χ3v) is 5.12. The van der Waals surface area contributed by atoms with Crippen molar-refractivity contribution < 1.29 is 0 Å². The van der Waals surface area contributed by atoms with Crippen molar-refractivity contribution in [3.05, 3.63) is 59.7 Å². The molecule has 0 aromatic heterocycles. The molecule has 2 rings (SSSR count). The number of benzene rings is 2. The molecule has 0 saturated carbocycles. The van der Waals surface area contributed by atoms with Crippen molar-refractivity contribution in [2.45, 2.75) is 77.6 Å². The smallest absolute Gasteiger partial charge is 0.0991 e. The van der Waals surface area contributed by atoms with E-state index < -0.39 is 0 Å². The Morgan fingerprint density at radius 1 is 0.615 bits per heavy atom. The number of unbranched alkanes of at least 4 members (excludes halogenated alkanes) is 9. The van der Waals surface area contributed by atoms with Crippen LogP contribution in [0.15, 0.2) is 48.5 Å². The van der Waals surface area contributed by atoms with Gasteiger partial charge in [0.25, 0.3) is 0 Å². The summed E-state index contributed by atoms with van der Waals surface area (Å²) in [7, 11) is 0. The molecule has 0 atom stereocenters. The molecule has 0 radical (unpaired) electrons. The van der Waals surface area contributed by atoms with Crippen LogP contribution in [0.4, 0.5) is 0 Å². The van der Waals surface area contributed by atoms with Crippen LogP contribution >= 0.6 is 0 Å². The predicted molar refractivity (Wildman–Crippen MR) is 112 cm³/mol. The lowest BCUT2D eigenvalue weighted by atomic mass is 10.00. The van der Waals surface area contributed by atoms with E-state index in [1.165, 1.54) is 87.3 Å². The predicted octanol–water partition coefficient (Wildman–Crippen LogP) is 7.69. The van der Waals surface area contributed by atoms with E-state index in [-0.39, 0.29) is 0 Å². The van der Waals surface area contributed by atoms with Crippen LogP contribution in [0.2, 0.25) is 0 Å². The fourth-order valence-corrected chi connectivity index (χ4v) is 3.42. The molecule has 0 bridgehead atoms. The zero-order valence-electron chi connectivity index (χ0n) is 16.3. The molecule has 26 heavy (non-hydrogen) atoms. The summed E-state index contributed by atoms with van der Waals surface area (Å²) in [4.78, 5) is 0. The Balaban J connectivity index is 1.61. The zero-order chi connectivity index (χ0) is 18.5. The molecule has 0 heterocycles. The first-order valence-corrected chi connectivity index (χ1v) is 10.4. The van der Waals surface area contributed by atoms with E-state index in [1.54, 1.807) is 0 Å². The van der Waals surface area contributed by atoms with Crippen molar-refractivity contribution in [3.8, 4) is 17.2 Å². The average molecular weight is 348 g/mol. The number of hydrogen-bond acceptors (Lipinski definition) is 1. The van der Waals surface area contributed by atoms with Crippen LogP contribution in [0.25, 0.3) is 11.1 Å². The lowest BCUT2D eigenvalue weighted by Crippen LogP contribution is -1.87. The molecule has 1 heteroatoms. The quantitative estimate of drug-likeness (QED) is 0.361. The highest BCUT2D eigenvalue weighted by Crippen LogP contribution is 2.21. The van der Waals surface area contributed by atoms with Gasteiger partial charge in [0.05, 0.1) is 11.6 Å². The highest BCUT2D eigenvalue weighted by Gasteiger charge is 2.00. The summed E-state index contributed by atoms with van der Waals surface area (Å²) in [5.74, 6) is 0. The van der Waals surface area contributed by atoms with Gasteiger partial charge in [0.2, 0.25) is 0 Å². The van der Waals surface area contributed by atoms with Crippen molar-refractivity contribution in [3.63, 3.8) is 0 Å². The lowest BCUT2D eigenvalue weighted by molar-refractivity contribution is 0.556. The van der Waals surface area contributed by atoms with E-state index in [0.717, 1.165) is 0 Å². The molecule has 0 amide bonds. The highest BCUT2D eigenvalue weighted by atomic mass is 14.2. The van der Waals surface area contributed by atoms with Crippen LogP contribution in [0, 0.1) is 11.3 Å². The second kappa shape index (κ2) is 12.3. The van der Waals surface area contributed by atoms with Gasteiger partial charge in [-0.05, 0) is 41.7 Å². The highest BCUT2D eigenvalue weighted by molar-refractivity contribution is 5.64. The Morgan fingerprint density at radius 3 is 1.58 bits per heavy atom. The third kappa shape index (κ3) is 7.44. The summed E-state index contributed by atoms with van der Waals surface area (Å²) in [6.07, 6.45) is 15.1. The number of nitriles is 1. The van der Waals surface area contributed by atoms with Gasteiger partial charge in [0.1, 0.15) is 0 Å². The summed E-state index contributed by atoms with van der Waals surface area (Å²) in [5, 5.41) is 8.88. The molecule has 0 saturated heterocycles. The Bertz CT molecular complexity index is 646. The number of hydrogen-bond donors (Lipinski definition) is 0. The minimum absolute atomic E-state index is 0.714. The molecule has 0 aliphatic heterocycles. The van der Waals surface area contributed by atoms with Gasteiger partial charge in [-0.15, -0.1) is 0 Å². The molecular formula is C25H33N. The number of nitrogens with zero attached hydrogens (tertiary/aromatic N) is 1. The number of aryl methyl sites for hydroxylation is 1. The maximum Gasteiger partial charge on any atom is 0.0991 e. The fraction of sp³-hybridized carbons (Fsp3) is 0.480. The van der Waals surface area contributed by atoms with Crippen molar-refractivity contribution in [1.82, 2.24) is 0 Å². The van der Waals surface area contributed by atoms with Crippen LogP contribution in [-0.4, -0.2) is 0 Å². The van der Waals surface area contributed by atoms with Crippen molar-refractivity contribution in [2.75, 3.05) is 0 Å². The van der Waals surface area contributed by atoms with E-state index in [1.807, 2.05) is 24.3 Å². The second-order valence-corrected chi connectivity index (χ2v) is 7.32. The van der Waals surface area contributed by atoms with Gasteiger partial charge in [-0.3, -0.25) is 0 Å². The van der Waals surface area contributed by atoms with E-state index in [4.69, 9.17) is 5.26 Å². The van der Waals surface area contributed by atoms with Gasteiger partial charge in [0, 0.05) is 0 Å². The van der Waals surface area contributed by atoms with E-state index in [9.17, 15) is 0 Å². The van der Waals surface area contributed by atoms with E-state index in [0.29, 0.717) is 5.56 Å². The van der Waals surface area contributed by atoms with Crippen molar-refractivity contribution in [2.24, 2.45) is 0 Å². The van der Waals surface area contributed by atoms with Crippen molar-refractivity contribution >= 4 is 0 Å². The molecule has 0 unspecified atom stereocenters. The van der Waals surface area contributed by atoms with Crippen LogP contribution in [-0.2, 0) is 6.42 Å². The Morgan fingerprint density at radius 2 is 1.08 bits per heavy atom. The van der Waals surface area contributed by atoms with E-state index in [2.05, 4.69) is 37.3 Å². The fourth-order valence-electron chi connectivity index (χ4n) is 3.42. The minimum atomic E-state index is 0.714. The van der Waals surface area contributed by atoms with Crippen LogP contribution < -0.4 is 0 Å². The topological polar surface area (TPSA) is 23.8 Å². The third-order valence-electron chi connectivity index (χ3n) is 5.12. The normalized spacial score (nSPS) is 10.6. The van der Waals surface area contributed by atoms with Crippen LogP contribution in [0.5, 0.6) is 0 Å². The SMILES string of the molecule is CCCCCCCCCCCCc1ccc(-c2ccc(C#N)cc2)cc1. The summed E-state index contributed by atoms with van der Waals surface area (Å²) >= 11 is 0. The molecule has 2 aromatic rings. The van der Waals surface area contributed by atoms with Gasteiger partial charge < -0.3 is 0 Å². The van der Waals surface area contributed by atoms with Gasteiger partial charge in [0.15, 0.2) is 0 Å². The van der Waals surface area contributed by atoms with Crippen LogP contribution in [0.1, 0.15) is 82.3 Å². The zero-order valence-corrected chi connectivity index (χ0v) is 16.3. The molecule has 2 aromatic carbocycles. The Labute approximate surface area is 160 Å². The summed E-state index contributed by atoms with van der Waals surface area (Å²) in [6, 6.07) is 18.9. The molecule has 138 valence electrons. The van der Waals surface area contributed by atoms with E-state index >= 15 is 0 Å². The average Bonchev–Trinajstić information content (AvgIpc) is 2.70. The first-order valence-electron chi connectivity index (χ1n) is 10.4. The largest absolute Gasteiger partial charge is 0.192 e. The van der Waals surface area contributed by atoms with Crippen LogP contribution in [0.3, 0.4) is 0 Å². The first kappa shape index (κ1) is 20.2. The lowest BCUT2D eigenvalue weighted by Gasteiger charge is -2.05. The van der Waals surface area contributed by atoms with Gasteiger partial charge in [-0.1, -0.05) is 101 Å². The first-order chi connectivity index (χ1) is 12.8. The maximum atomic E-state index is 8.88. The standard InChI is InChI=1S/C25H33N/c1-2-3-4-5-6-7-8-9-10-11-12-22-13-17-24(18-14-22)25-19-15-23(21-26)16-20-25/h13-20H,2-12H2,1H3. The summed E-state index contributed by atoms with van der Waals surface area (Å²) in [5.41, 5.74) is 4.55. The molecule has 0 aliphatic rings. The molecule has 0 aliphatic carbocycles. The monoisotopic (exact) mass is 347 g/mol. The Hall–Kier alpha value is -2.07. The summed E-state index contributed by atoms with van der Waals surface area (Å²) < 4.78 is 0. The number of rotatable bonds is 12. The minimum Gasteiger partial charge on any atom is -0.192 e.